The maximum absolute atomic E-state index is 13.3. The molecule has 0 aliphatic heterocycles. The van der Waals surface area contributed by atoms with Crippen molar-refractivity contribution in [3.63, 3.8) is 0 Å². The summed E-state index contributed by atoms with van der Waals surface area (Å²) in [6.45, 7) is 2.15. The quantitative estimate of drug-likeness (QED) is 0.905. The molecule has 0 radical (unpaired) electrons. The molecule has 0 unspecified atom stereocenters. The standard InChI is InChI=1S/C16H15FO3/c1-2-12-5-3-4-6-15(12)20-10-11-7-13(16(18)19)9-14(17)8-11/h3-9H,2,10H2,1H3,(H,18,19). The topological polar surface area (TPSA) is 46.5 Å². The summed E-state index contributed by atoms with van der Waals surface area (Å²) in [4.78, 5) is 10.9. The largest absolute Gasteiger partial charge is 0.489 e. The van der Waals surface area contributed by atoms with E-state index in [1.807, 2.05) is 31.2 Å². The maximum Gasteiger partial charge on any atom is 0.335 e. The number of para-hydroxylation sites is 1. The van der Waals surface area contributed by atoms with Crippen molar-refractivity contribution in [2.45, 2.75) is 20.0 Å². The second-order valence-electron chi connectivity index (χ2n) is 4.40. The molecule has 0 aliphatic rings. The van der Waals surface area contributed by atoms with Gasteiger partial charge < -0.3 is 9.84 Å². The van der Waals surface area contributed by atoms with Crippen LogP contribution in [0.2, 0.25) is 0 Å². The van der Waals surface area contributed by atoms with Crippen molar-refractivity contribution in [1.29, 1.82) is 0 Å². The van der Waals surface area contributed by atoms with Crippen molar-refractivity contribution < 1.29 is 19.0 Å². The normalized spacial score (nSPS) is 10.3. The Morgan fingerprint density at radius 1 is 1.25 bits per heavy atom. The highest BCUT2D eigenvalue weighted by Gasteiger charge is 2.08. The fourth-order valence-electron chi connectivity index (χ4n) is 1.96. The Morgan fingerprint density at radius 3 is 2.70 bits per heavy atom. The molecule has 0 bridgehead atoms. The number of carboxylic acid groups (broad SMARTS) is 1. The number of hydrogen-bond acceptors (Lipinski definition) is 2. The molecule has 0 amide bonds. The van der Waals surface area contributed by atoms with Crippen LogP contribution in [-0.2, 0) is 13.0 Å². The third-order valence-corrected chi connectivity index (χ3v) is 2.95. The molecule has 0 heterocycles. The maximum atomic E-state index is 13.3. The number of rotatable bonds is 5. The van der Waals surface area contributed by atoms with Crippen LogP contribution in [0.25, 0.3) is 0 Å². The van der Waals surface area contributed by atoms with E-state index >= 15 is 0 Å². The van der Waals surface area contributed by atoms with Crippen molar-refractivity contribution in [3.05, 3.63) is 65.0 Å². The van der Waals surface area contributed by atoms with Gasteiger partial charge in [0.25, 0.3) is 0 Å². The number of benzene rings is 2. The second kappa shape index (κ2) is 6.19. The van der Waals surface area contributed by atoms with Crippen LogP contribution in [0, 0.1) is 5.82 Å². The first-order valence-corrected chi connectivity index (χ1v) is 6.33. The average Bonchev–Trinajstić information content (AvgIpc) is 2.44. The van der Waals surface area contributed by atoms with Crippen LogP contribution in [0.1, 0.15) is 28.4 Å². The van der Waals surface area contributed by atoms with Crippen molar-refractivity contribution in [3.8, 4) is 5.75 Å². The van der Waals surface area contributed by atoms with Crippen LogP contribution >= 0.6 is 0 Å². The molecule has 0 aliphatic carbocycles. The summed E-state index contributed by atoms with van der Waals surface area (Å²) >= 11 is 0. The van der Waals surface area contributed by atoms with Gasteiger partial charge in [0.1, 0.15) is 18.2 Å². The Balaban J connectivity index is 2.16. The van der Waals surface area contributed by atoms with Crippen molar-refractivity contribution in [2.24, 2.45) is 0 Å². The highest BCUT2D eigenvalue weighted by Crippen LogP contribution is 2.20. The van der Waals surface area contributed by atoms with E-state index in [1.54, 1.807) is 0 Å². The third kappa shape index (κ3) is 3.35. The second-order valence-corrected chi connectivity index (χ2v) is 4.40. The van der Waals surface area contributed by atoms with E-state index in [-0.39, 0.29) is 12.2 Å². The monoisotopic (exact) mass is 274 g/mol. The zero-order valence-corrected chi connectivity index (χ0v) is 11.1. The van der Waals surface area contributed by atoms with Gasteiger partial charge >= 0.3 is 5.97 Å². The van der Waals surface area contributed by atoms with E-state index < -0.39 is 11.8 Å². The molecule has 0 fully saturated rings. The first-order chi connectivity index (χ1) is 9.60. The Morgan fingerprint density at radius 2 is 2.00 bits per heavy atom. The summed E-state index contributed by atoms with van der Waals surface area (Å²) in [6.07, 6.45) is 0.833. The molecule has 20 heavy (non-hydrogen) atoms. The summed E-state index contributed by atoms with van der Waals surface area (Å²) in [5.41, 5.74) is 1.48. The molecule has 2 aromatic carbocycles. The highest BCUT2D eigenvalue weighted by atomic mass is 19.1. The molecule has 1 N–H and O–H groups in total. The molecule has 0 saturated carbocycles. The van der Waals surface area contributed by atoms with E-state index in [2.05, 4.69) is 0 Å². The van der Waals surface area contributed by atoms with Crippen LogP contribution in [0.3, 0.4) is 0 Å². The SMILES string of the molecule is CCc1ccccc1OCc1cc(F)cc(C(=O)O)c1. The molecule has 0 spiro atoms. The molecular formula is C16H15FO3. The fraction of sp³-hybridized carbons (Fsp3) is 0.188. The van der Waals surface area contributed by atoms with E-state index in [0.29, 0.717) is 5.56 Å². The van der Waals surface area contributed by atoms with Crippen LogP contribution in [0.4, 0.5) is 4.39 Å². The van der Waals surface area contributed by atoms with Crippen LogP contribution < -0.4 is 4.74 Å². The number of ether oxygens (including phenoxy) is 1. The number of halogens is 1. The third-order valence-electron chi connectivity index (χ3n) is 2.95. The molecule has 0 saturated heterocycles. The molecule has 3 nitrogen and oxygen atoms in total. The minimum atomic E-state index is -1.15. The number of aromatic carboxylic acids is 1. The van der Waals surface area contributed by atoms with E-state index in [9.17, 15) is 9.18 Å². The van der Waals surface area contributed by atoms with Gasteiger partial charge in [-0.25, -0.2) is 9.18 Å². The fourth-order valence-corrected chi connectivity index (χ4v) is 1.96. The molecular weight excluding hydrogens is 259 g/mol. The summed E-state index contributed by atoms with van der Waals surface area (Å²) in [6, 6.07) is 11.3. The van der Waals surface area contributed by atoms with Crippen LogP contribution in [0.5, 0.6) is 5.75 Å². The van der Waals surface area contributed by atoms with Crippen molar-refractivity contribution in [1.82, 2.24) is 0 Å². The number of carboxylic acids is 1. The molecule has 0 atom stereocenters. The Bertz CT molecular complexity index is 623. The zero-order valence-electron chi connectivity index (χ0n) is 11.1. The molecule has 2 aromatic rings. The Labute approximate surface area is 116 Å². The van der Waals surface area contributed by atoms with Gasteiger partial charge in [-0.05, 0) is 41.8 Å². The lowest BCUT2D eigenvalue weighted by molar-refractivity contribution is 0.0696. The zero-order chi connectivity index (χ0) is 14.5. The summed E-state index contributed by atoms with van der Waals surface area (Å²) < 4.78 is 19.0. The summed E-state index contributed by atoms with van der Waals surface area (Å²) in [5, 5.41) is 8.89. The Hall–Kier alpha value is -2.36. The molecule has 104 valence electrons. The van der Waals surface area contributed by atoms with E-state index in [0.717, 1.165) is 23.8 Å². The summed E-state index contributed by atoms with van der Waals surface area (Å²) in [5.74, 6) is -0.997. The molecule has 0 aromatic heterocycles. The smallest absolute Gasteiger partial charge is 0.335 e. The number of aryl methyl sites for hydroxylation is 1. The lowest BCUT2D eigenvalue weighted by Gasteiger charge is -2.10. The Kier molecular flexibility index (Phi) is 4.35. The van der Waals surface area contributed by atoms with Gasteiger partial charge in [-0.2, -0.15) is 0 Å². The van der Waals surface area contributed by atoms with Gasteiger partial charge in [0, 0.05) is 0 Å². The summed E-state index contributed by atoms with van der Waals surface area (Å²) in [7, 11) is 0. The number of hydrogen-bond donors (Lipinski definition) is 1. The molecule has 2 rings (SSSR count). The first-order valence-electron chi connectivity index (χ1n) is 6.33. The van der Waals surface area contributed by atoms with E-state index in [4.69, 9.17) is 9.84 Å². The van der Waals surface area contributed by atoms with Gasteiger partial charge in [-0.1, -0.05) is 25.1 Å². The lowest BCUT2D eigenvalue weighted by atomic mass is 10.1. The van der Waals surface area contributed by atoms with Gasteiger partial charge in [-0.15, -0.1) is 0 Å². The van der Waals surface area contributed by atoms with Gasteiger partial charge in [-0.3, -0.25) is 0 Å². The minimum absolute atomic E-state index is 0.0765. The first kappa shape index (κ1) is 14.1. The minimum Gasteiger partial charge on any atom is -0.489 e. The van der Waals surface area contributed by atoms with Crippen LogP contribution in [0.15, 0.2) is 42.5 Å². The lowest BCUT2D eigenvalue weighted by Crippen LogP contribution is -2.02. The number of carbonyl (C=O) groups is 1. The highest BCUT2D eigenvalue weighted by molar-refractivity contribution is 5.87. The van der Waals surface area contributed by atoms with Gasteiger partial charge in [0.2, 0.25) is 0 Å². The van der Waals surface area contributed by atoms with Crippen molar-refractivity contribution >= 4 is 5.97 Å². The van der Waals surface area contributed by atoms with Crippen molar-refractivity contribution in [2.75, 3.05) is 0 Å². The van der Waals surface area contributed by atoms with Gasteiger partial charge in [0.15, 0.2) is 0 Å². The van der Waals surface area contributed by atoms with Gasteiger partial charge in [0.05, 0.1) is 5.56 Å². The van der Waals surface area contributed by atoms with E-state index in [1.165, 1.54) is 12.1 Å². The average molecular weight is 274 g/mol. The van der Waals surface area contributed by atoms with Crippen LogP contribution in [-0.4, -0.2) is 11.1 Å². The molecule has 4 heteroatoms. The predicted molar refractivity (Wildman–Crippen MR) is 73.5 cm³/mol. The predicted octanol–water partition coefficient (Wildman–Crippen LogP) is 3.67.